The Morgan fingerprint density at radius 3 is 2.57 bits per heavy atom. The van der Waals surface area contributed by atoms with Crippen LogP contribution in [0.15, 0.2) is 76.9 Å². The topological polar surface area (TPSA) is 76.9 Å². The van der Waals surface area contributed by atoms with Gasteiger partial charge in [-0.25, -0.2) is 4.98 Å². The number of hydrogen-bond donors (Lipinski definition) is 1. The van der Waals surface area contributed by atoms with Crippen molar-refractivity contribution in [2.45, 2.75) is 19.0 Å². The Kier molecular flexibility index (Phi) is 5.63. The van der Waals surface area contributed by atoms with Crippen LogP contribution in [-0.2, 0) is 4.79 Å². The van der Waals surface area contributed by atoms with Gasteiger partial charge in [-0.1, -0.05) is 30.0 Å². The van der Waals surface area contributed by atoms with Crippen LogP contribution in [0.3, 0.4) is 0 Å². The summed E-state index contributed by atoms with van der Waals surface area (Å²) in [5.74, 6) is -0.0767. The Morgan fingerprint density at radius 2 is 1.83 bits per heavy atom. The van der Waals surface area contributed by atoms with Gasteiger partial charge in [0.2, 0.25) is 5.91 Å². The Labute approximate surface area is 178 Å². The Balaban J connectivity index is 1.72. The summed E-state index contributed by atoms with van der Waals surface area (Å²) in [6, 6.07) is 16.7. The van der Waals surface area contributed by atoms with Crippen LogP contribution in [0, 0.1) is 13.8 Å². The zero-order valence-electron chi connectivity index (χ0n) is 16.6. The van der Waals surface area contributed by atoms with Crippen LogP contribution >= 0.6 is 11.8 Å². The smallest absolute Gasteiger partial charge is 0.266 e. The van der Waals surface area contributed by atoms with Gasteiger partial charge in [0.15, 0.2) is 5.16 Å². The normalized spacial score (nSPS) is 10.9. The molecule has 4 rings (SSSR count). The molecule has 7 heteroatoms. The molecular formula is C23H20N4O2S. The summed E-state index contributed by atoms with van der Waals surface area (Å²) in [5.41, 5.74) is 3.93. The highest BCUT2D eigenvalue weighted by Gasteiger charge is 2.15. The van der Waals surface area contributed by atoms with Gasteiger partial charge in [-0.15, -0.1) is 0 Å². The van der Waals surface area contributed by atoms with Crippen molar-refractivity contribution in [2.75, 3.05) is 11.1 Å². The highest BCUT2D eigenvalue weighted by atomic mass is 32.2. The molecule has 0 saturated carbocycles. The lowest BCUT2D eigenvalue weighted by Gasteiger charge is -2.14. The molecule has 2 aromatic carbocycles. The summed E-state index contributed by atoms with van der Waals surface area (Å²) in [5, 5.41) is 3.82. The summed E-state index contributed by atoms with van der Waals surface area (Å²) in [6.07, 6.45) is 3.23. The molecule has 1 N–H and O–H groups in total. The zero-order valence-corrected chi connectivity index (χ0v) is 17.4. The fourth-order valence-electron chi connectivity index (χ4n) is 3.28. The van der Waals surface area contributed by atoms with Crippen LogP contribution in [0.5, 0.6) is 0 Å². The van der Waals surface area contributed by atoms with Gasteiger partial charge >= 0.3 is 0 Å². The lowest BCUT2D eigenvalue weighted by atomic mass is 10.1. The van der Waals surface area contributed by atoms with E-state index in [0.29, 0.717) is 21.7 Å². The van der Waals surface area contributed by atoms with E-state index in [9.17, 15) is 9.59 Å². The number of rotatable bonds is 5. The van der Waals surface area contributed by atoms with Gasteiger partial charge in [0.25, 0.3) is 5.56 Å². The van der Waals surface area contributed by atoms with Crippen molar-refractivity contribution in [1.82, 2.24) is 14.5 Å². The monoisotopic (exact) mass is 416 g/mol. The van der Waals surface area contributed by atoms with Crippen molar-refractivity contribution in [2.24, 2.45) is 0 Å². The molecule has 6 nitrogen and oxygen atoms in total. The van der Waals surface area contributed by atoms with Gasteiger partial charge in [0.1, 0.15) is 0 Å². The van der Waals surface area contributed by atoms with E-state index in [1.165, 1.54) is 11.8 Å². The number of thioether (sulfide) groups is 1. The molecule has 0 aliphatic rings. The van der Waals surface area contributed by atoms with Crippen LogP contribution in [0.4, 0.5) is 5.69 Å². The first-order valence-corrected chi connectivity index (χ1v) is 10.4. The molecule has 0 atom stereocenters. The number of pyridine rings is 1. The molecule has 0 spiro atoms. The number of carbonyl (C=O) groups is 1. The summed E-state index contributed by atoms with van der Waals surface area (Å²) in [6.45, 7) is 3.98. The molecule has 150 valence electrons. The first-order valence-electron chi connectivity index (χ1n) is 9.44. The number of anilines is 1. The molecule has 2 aromatic heterocycles. The van der Waals surface area contributed by atoms with Gasteiger partial charge in [-0.3, -0.25) is 19.1 Å². The number of fused-ring (bicyclic) bond motifs is 1. The molecule has 0 aliphatic carbocycles. The SMILES string of the molecule is Cc1cc(C)cc(-n2c(SCC(=O)Nc3cccnc3)nc3ccccc3c2=O)c1. The molecule has 0 radical (unpaired) electrons. The third-order valence-electron chi connectivity index (χ3n) is 4.49. The molecule has 0 fully saturated rings. The summed E-state index contributed by atoms with van der Waals surface area (Å²) in [4.78, 5) is 34.4. The maximum Gasteiger partial charge on any atom is 0.266 e. The van der Waals surface area contributed by atoms with Crippen molar-refractivity contribution >= 4 is 34.3 Å². The fraction of sp³-hybridized carbons (Fsp3) is 0.130. The molecular weight excluding hydrogens is 396 g/mol. The predicted octanol–water partition coefficient (Wildman–Crippen LogP) is 4.13. The number of aryl methyl sites for hydroxylation is 2. The van der Waals surface area contributed by atoms with Crippen LogP contribution in [0.2, 0.25) is 0 Å². The lowest BCUT2D eigenvalue weighted by molar-refractivity contribution is -0.113. The van der Waals surface area contributed by atoms with Gasteiger partial charge in [0.05, 0.1) is 34.2 Å². The molecule has 4 aromatic rings. The number of carbonyl (C=O) groups excluding carboxylic acids is 1. The van der Waals surface area contributed by atoms with Gasteiger partial charge < -0.3 is 5.32 Å². The molecule has 0 bridgehead atoms. The van der Waals surface area contributed by atoms with E-state index in [2.05, 4.69) is 21.4 Å². The van der Waals surface area contributed by atoms with E-state index < -0.39 is 0 Å². The molecule has 1 amide bonds. The Morgan fingerprint density at radius 1 is 1.07 bits per heavy atom. The predicted molar refractivity (Wildman–Crippen MR) is 120 cm³/mol. The molecule has 0 unspecified atom stereocenters. The lowest BCUT2D eigenvalue weighted by Crippen LogP contribution is -2.23. The van der Waals surface area contributed by atoms with E-state index >= 15 is 0 Å². The Hall–Kier alpha value is -3.45. The second-order valence-corrected chi connectivity index (χ2v) is 7.92. The average molecular weight is 417 g/mol. The molecule has 2 heterocycles. The first-order chi connectivity index (χ1) is 14.5. The Bertz CT molecular complexity index is 1270. The van der Waals surface area contributed by atoms with E-state index in [4.69, 9.17) is 0 Å². The average Bonchev–Trinajstić information content (AvgIpc) is 2.72. The van der Waals surface area contributed by atoms with E-state index in [0.717, 1.165) is 16.8 Å². The quantitative estimate of drug-likeness (QED) is 0.391. The molecule has 30 heavy (non-hydrogen) atoms. The zero-order chi connectivity index (χ0) is 21.1. The summed E-state index contributed by atoms with van der Waals surface area (Å²) >= 11 is 1.23. The number of nitrogens with one attached hydrogen (secondary N) is 1. The summed E-state index contributed by atoms with van der Waals surface area (Å²) < 4.78 is 1.59. The van der Waals surface area contributed by atoms with Crippen molar-refractivity contribution in [1.29, 1.82) is 0 Å². The third kappa shape index (κ3) is 4.26. The number of para-hydroxylation sites is 1. The minimum absolute atomic E-state index is 0.116. The maximum absolute atomic E-state index is 13.3. The second-order valence-electron chi connectivity index (χ2n) is 6.98. The van der Waals surface area contributed by atoms with E-state index in [1.807, 2.05) is 44.2 Å². The number of amides is 1. The highest BCUT2D eigenvalue weighted by molar-refractivity contribution is 7.99. The van der Waals surface area contributed by atoms with Crippen molar-refractivity contribution < 1.29 is 4.79 Å². The van der Waals surface area contributed by atoms with Gasteiger partial charge in [0, 0.05) is 6.20 Å². The molecule has 0 saturated heterocycles. The van der Waals surface area contributed by atoms with Crippen LogP contribution in [-0.4, -0.2) is 26.2 Å². The second kappa shape index (κ2) is 8.51. The minimum atomic E-state index is -0.192. The standard InChI is InChI=1S/C23H20N4O2S/c1-15-10-16(2)12-18(11-15)27-22(29)19-7-3-4-8-20(19)26-23(27)30-14-21(28)25-17-6-5-9-24-13-17/h3-13H,14H2,1-2H3,(H,25,28). The first kappa shape index (κ1) is 19.8. The van der Waals surface area contributed by atoms with Crippen LogP contribution in [0.25, 0.3) is 16.6 Å². The number of aromatic nitrogens is 3. The number of hydrogen-bond acceptors (Lipinski definition) is 5. The van der Waals surface area contributed by atoms with Gasteiger partial charge in [-0.05, 0) is 61.4 Å². The van der Waals surface area contributed by atoms with E-state index in [1.54, 1.807) is 35.2 Å². The van der Waals surface area contributed by atoms with E-state index in [-0.39, 0.29) is 17.2 Å². The number of benzene rings is 2. The van der Waals surface area contributed by atoms with Crippen LogP contribution in [0.1, 0.15) is 11.1 Å². The van der Waals surface area contributed by atoms with Crippen molar-refractivity contribution in [3.63, 3.8) is 0 Å². The largest absolute Gasteiger partial charge is 0.324 e. The van der Waals surface area contributed by atoms with Gasteiger partial charge in [-0.2, -0.15) is 0 Å². The van der Waals surface area contributed by atoms with Crippen molar-refractivity contribution in [3.8, 4) is 5.69 Å². The van der Waals surface area contributed by atoms with Crippen molar-refractivity contribution in [3.05, 3.63) is 88.5 Å². The highest BCUT2D eigenvalue weighted by Crippen LogP contribution is 2.23. The minimum Gasteiger partial charge on any atom is -0.324 e. The molecule has 0 aliphatic heterocycles. The third-order valence-corrected chi connectivity index (χ3v) is 5.43. The summed E-state index contributed by atoms with van der Waals surface area (Å²) in [7, 11) is 0. The van der Waals surface area contributed by atoms with Crippen LogP contribution < -0.4 is 10.9 Å². The fourth-order valence-corrected chi connectivity index (χ4v) is 4.09. The number of nitrogens with zero attached hydrogens (tertiary/aromatic N) is 3. The maximum atomic E-state index is 13.3.